The predicted molar refractivity (Wildman–Crippen MR) is 234 cm³/mol. The SMILES string of the molecule is CCCC(C(O)CC1=C[C+](C(C)CCCCO)C=N1)C1CC(CC2CC[NH2+]C(N)C2)CC2C#CC(C3CCCCC3)C3CC(O)C(OC)CC3CCC(=O)CC(=O)C2C1. The number of nitrogens with zero attached hydrogens (tertiary/aromatic N) is 1. The van der Waals surface area contributed by atoms with E-state index in [0.29, 0.717) is 49.4 Å². The second-order valence-electron chi connectivity index (χ2n) is 20.3. The molecule has 2 heterocycles. The van der Waals surface area contributed by atoms with Crippen LogP contribution >= 0.6 is 0 Å². The lowest BCUT2D eigenvalue weighted by molar-refractivity contribution is -0.699. The maximum Gasteiger partial charge on any atom is 0.177 e. The van der Waals surface area contributed by atoms with Crippen molar-refractivity contribution in [3.05, 3.63) is 17.7 Å². The third kappa shape index (κ3) is 12.8. The number of rotatable bonds is 15. The van der Waals surface area contributed by atoms with Crippen LogP contribution in [0.15, 0.2) is 16.8 Å². The summed E-state index contributed by atoms with van der Waals surface area (Å²) in [6.45, 7) is 5.67. The molecule has 0 amide bonds. The number of aliphatic imine (C=N–C) groups is 1. The van der Waals surface area contributed by atoms with Gasteiger partial charge in [0.2, 0.25) is 0 Å². The normalized spacial score (nSPS) is 36.5. The first-order chi connectivity index (χ1) is 28.6. The molecule has 4 aliphatic carbocycles. The summed E-state index contributed by atoms with van der Waals surface area (Å²) in [5.74, 6) is 11.1. The first-order valence-corrected chi connectivity index (χ1v) is 24.3. The third-order valence-electron chi connectivity index (χ3n) is 16.1. The van der Waals surface area contributed by atoms with Crippen molar-refractivity contribution in [3.8, 4) is 11.8 Å². The summed E-state index contributed by atoms with van der Waals surface area (Å²) in [7, 11) is 1.68. The highest BCUT2D eigenvalue weighted by molar-refractivity contribution is 6.00. The van der Waals surface area contributed by atoms with Gasteiger partial charge >= 0.3 is 0 Å². The molecule has 0 aromatic heterocycles. The summed E-state index contributed by atoms with van der Waals surface area (Å²) < 4.78 is 5.78. The molecule has 3 saturated carbocycles. The van der Waals surface area contributed by atoms with Crippen molar-refractivity contribution in [2.45, 2.75) is 180 Å². The average Bonchev–Trinajstić information content (AvgIpc) is 3.61. The zero-order valence-electron chi connectivity index (χ0n) is 37.0. The zero-order chi connectivity index (χ0) is 41.9. The molecule has 9 heteroatoms. The van der Waals surface area contributed by atoms with Crippen LogP contribution in [0.1, 0.15) is 155 Å². The Labute approximate surface area is 357 Å². The number of ketones is 2. The largest absolute Gasteiger partial charge is 0.396 e. The van der Waals surface area contributed by atoms with E-state index in [1.54, 1.807) is 7.11 Å². The number of fused-ring (bicyclic) bond motifs is 2. The van der Waals surface area contributed by atoms with Gasteiger partial charge in [-0.15, -0.1) is 4.99 Å². The molecule has 2 aliphatic heterocycles. The molecule has 6 rings (SSSR count). The summed E-state index contributed by atoms with van der Waals surface area (Å²) >= 11 is 0. The fourth-order valence-electron chi connectivity index (χ4n) is 12.8. The molecule has 9 nitrogen and oxygen atoms in total. The highest BCUT2D eigenvalue weighted by Gasteiger charge is 2.45. The zero-order valence-corrected chi connectivity index (χ0v) is 37.0. The molecule has 0 aromatic rings. The van der Waals surface area contributed by atoms with Crippen LogP contribution in [-0.2, 0) is 14.3 Å². The monoisotopic (exact) mass is 820 g/mol. The molecule has 14 unspecified atom stereocenters. The van der Waals surface area contributed by atoms with Crippen molar-refractivity contribution in [1.82, 2.24) is 0 Å². The van der Waals surface area contributed by atoms with Crippen molar-refractivity contribution in [2.24, 2.45) is 75.8 Å². The number of piperidine rings is 1. The first-order valence-electron chi connectivity index (χ1n) is 24.3. The Hall–Kier alpha value is -2.06. The maximum absolute atomic E-state index is 14.7. The van der Waals surface area contributed by atoms with Crippen LogP contribution < -0.4 is 11.1 Å². The van der Waals surface area contributed by atoms with Gasteiger partial charge in [0.1, 0.15) is 35.9 Å². The van der Waals surface area contributed by atoms with E-state index >= 15 is 0 Å². The summed E-state index contributed by atoms with van der Waals surface area (Å²) in [4.78, 5) is 33.3. The molecule has 0 bridgehead atoms. The number of unbranched alkanes of at least 4 members (excludes halogenated alkanes) is 1. The number of Topliss-reactive ketones (excluding diaryl/α,β-unsaturated/α-hetero) is 2. The average molecular weight is 820 g/mol. The molecule has 59 heavy (non-hydrogen) atoms. The van der Waals surface area contributed by atoms with Crippen LogP contribution in [0.3, 0.4) is 0 Å². The quantitative estimate of drug-likeness (QED) is 0.0532. The van der Waals surface area contributed by atoms with E-state index in [4.69, 9.17) is 15.5 Å². The van der Waals surface area contributed by atoms with Gasteiger partial charge in [-0.2, -0.15) is 0 Å². The van der Waals surface area contributed by atoms with Gasteiger partial charge in [0.25, 0.3) is 0 Å². The molecule has 6 aliphatic rings. The van der Waals surface area contributed by atoms with E-state index in [0.717, 1.165) is 102 Å². The lowest BCUT2D eigenvalue weighted by Crippen LogP contribution is -2.94. The van der Waals surface area contributed by atoms with Gasteiger partial charge < -0.3 is 25.4 Å². The predicted octanol–water partition coefficient (Wildman–Crippen LogP) is 6.72. The van der Waals surface area contributed by atoms with E-state index < -0.39 is 12.2 Å². The topological polar surface area (TPSA) is 159 Å². The number of aliphatic hydroxyl groups excluding tert-OH is 3. The minimum atomic E-state index is -0.586. The fourth-order valence-corrected chi connectivity index (χ4v) is 12.8. The summed E-state index contributed by atoms with van der Waals surface area (Å²) in [5.41, 5.74) is 7.44. The van der Waals surface area contributed by atoms with Gasteiger partial charge in [-0.1, -0.05) is 44.4 Å². The number of aliphatic hydroxyl groups is 3. The molecule has 0 radical (unpaired) electrons. The Morgan fingerprint density at radius 3 is 2.54 bits per heavy atom. The smallest absolute Gasteiger partial charge is 0.177 e. The van der Waals surface area contributed by atoms with Gasteiger partial charge in [0.05, 0.1) is 37.7 Å². The van der Waals surface area contributed by atoms with Crippen molar-refractivity contribution >= 4 is 17.8 Å². The Morgan fingerprint density at radius 2 is 1.80 bits per heavy atom. The van der Waals surface area contributed by atoms with Crippen LogP contribution in [-0.4, -0.2) is 77.8 Å². The second kappa shape index (κ2) is 22.9. The van der Waals surface area contributed by atoms with E-state index in [1.165, 1.54) is 25.2 Å². The Kier molecular flexibility index (Phi) is 18.0. The van der Waals surface area contributed by atoms with Crippen LogP contribution in [0.4, 0.5) is 0 Å². The fraction of sp³-hybridized carbons (Fsp3) is 0.840. The number of allylic oxidation sites excluding steroid dienone is 1. The minimum Gasteiger partial charge on any atom is -0.396 e. The molecule has 0 spiro atoms. The second-order valence-corrected chi connectivity index (χ2v) is 20.3. The lowest BCUT2D eigenvalue weighted by Gasteiger charge is -2.44. The summed E-state index contributed by atoms with van der Waals surface area (Å²) in [6.07, 6.45) is 22.1. The Morgan fingerprint density at radius 1 is 0.983 bits per heavy atom. The Balaban J connectivity index is 1.32. The van der Waals surface area contributed by atoms with Crippen LogP contribution in [0, 0.1) is 82.9 Å². The van der Waals surface area contributed by atoms with Crippen molar-refractivity contribution in [2.75, 3.05) is 20.3 Å². The first kappa shape index (κ1) is 46.4. The number of quaternary nitrogens is 1. The molecule has 4 fully saturated rings. The number of hydrogen-bond acceptors (Lipinski definition) is 8. The molecule has 14 atom stereocenters. The van der Waals surface area contributed by atoms with Crippen LogP contribution in [0.5, 0.6) is 0 Å². The number of ether oxygens (including phenoxy) is 1. The van der Waals surface area contributed by atoms with Gasteiger partial charge in [-0.05, 0) is 138 Å². The maximum atomic E-state index is 14.7. The van der Waals surface area contributed by atoms with E-state index in [2.05, 4.69) is 37.1 Å². The highest BCUT2D eigenvalue weighted by Crippen LogP contribution is 2.48. The van der Waals surface area contributed by atoms with Crippen LogP contribution in [0.25, 0.3) is 0 Å². The molecule has 1 saturated heterocycles. The third-order valence-corrected chi connectivity index (χ3v) is 16.1. The van der Waals surface area contributed by atoms with Crippen molar-refractivity contribution in [3.63, 3.8) is 0 Å². The molecule has 7 N–H and O–H groups in total. The highest BCUT2D eigenvalue weighted by atomic mass is 16.5. The molecule has 0 aromatic carbocycles. The standard InChI is InChI=1S/C50H80N3O6/c1-4-10-43(46(56)28-40-25-39(31-53-40)32(2)11-8-9-20-54)38-23-34(21-33-18-19-52-50(51)24-33)22-36-15-17-42(35-12-6-5-7-13-35)44-30-48(58)49(59-3)27-37(44)14-16-41(55)29-47(57)45(36)26-38/h25,31-38,42-46,48-50,52,54,56,58H,4-14,16,18-24,26-30,51H2,1-3H3/q+1/p+1. The number of carbonyl (C=O) groups excluding carboxylic acids is 2. The summed E-state index contributed by atoms with van der Waals surface area (Å²) in [6, 6.07) is 0. The van der Waals surface area contributed by atoms with Crippen LogP contribution in [0.2, 0.25) is 0 Å². The summed E-state index contributed by atoms with van der Waals surface area (Å²) in [5, 5.41) is 35.1. The molecule has 330 valence electrons. The van der Waals surface area contributed by atoms with Gasteiger partial charge in [-0.3, -0.25) is 15.3 Å². The van der Waals surface area contributed by atoms with Gasteiger partial charge in [-0.25, -0.2) is 0 Å². The number of carbonyl (C=O) groups is 2. The number of hydrogen-bond donors (Lipinski definition) is 5. The van der Waals surface area contributed by atoms with E-state index in [-0.39, 0.29) is 78.3 Å². The Bertz CT molecular complexity index is 1470. The van der Waals surface area contributed by atoms with E-state index in [1.807, 2.05) is 6.21 Å². The van der Waals surface area contributed by atoms with Gasteiger partial charge in [0, 0.05) is 50.2 Å². The molecular weight excluding hydrogens is 739 g/mol. The van der Waals surface area contributed by atoms with Gasteiger partial charge in [0.15, 0.2) is 5.70 Å². The van der Waals surface area contributed by atoms with Crippen molar-refractivity contribution < 1.29 is 35.0 Å². The lowest BCUT2D eigenvalue weighted by atomic mass is 9.63. The number of nitrogens with two attached hydrogens (primary N) is 2. The number of methoxy groups -OCH3 is 1. The molecular formula is C50H81N3O6+2. The minimum absolute atomic E-state index is 0.0105. The van der Waals surface area contributed by atoms with E-state index in [9.17, 15) is 24.9 Å². The van der Waals surface area contributed by atoms with Crippen molar-refractivity contribution in [1.29, 1.82) is 0 Å².